The number of nitrogens with zero attached hydrogens (tertiary/aromatic N) is 3. The van der Waals surface area contributed by atoms with Gasteiger partial charge in [0.1, 0.15) is 5.82 Å². The van der Waals surface area contributed by atoms with Crippen LogP contribution in [0.4, 0.5) is 0 Å². The molecule has 3 rings (SSSR count). The van der Waals surface area contributed by atoms with Gasteiger partial charge < -0.3 is 5.32 Å². The van der Waals surface area contributed by atoms with Crippen LogP contribution in [-0.4, -0.2) is 41.0 Å². The summed E-state index contributed by atoms with van der Waals surface area (Å²) in [4.78, 5) is 11.7. The average Bonchev–Trinajstić information content (AvgIpc) is 2.49. The molecule has 2 aromatic rings. The quantitative estimate of drug-likeness (QED) is 0.922. The third kappa shape index (κ3) is 3.21. The fourth-order valence-corrected chi connectivity index (χ4v) is 2.53. The fourth-order valence-electron chi connectivity index (χ4n) is 2.53. The largest absolute Gasteiger partial charge is 0.314 e. The maximum atomic E-state index is 4.72. The molecular weight excluding hydrogens is 248 g/mol. The lowest BCUT2D eigenvalue weighted by Crippen LogP contribution is -2.43. The lowest BCUT2D eigenvalue weighted by Gasteiger charge is -2.26. The highest BCUT2D eigenvalue weighted by atomic mass is 15.2. The second-order valence-corrected chi connectivity index (χ2v) is 5.20. The topological polar surface area (TPSA) is 41.1 Å². The summed E-state index contributed by atoms with van der Waals surface area (Å²) in [6.45, 7) is 7.11. The minimum atomic E-state index is 0.837. The second-order valence-electron chi connectivity index (χ2n) is 5.20. The Morgan fingerprint density at radius 2 is 1.85 bits per heavy atom. The summed E-state index contributed by atoms with van der Waals surface area (Å²) < 4.78 is 0. The molecule has 1 saturated heterocycles. The predicted octanol–water partition coefficient (Wildman–Crippen LogP) is 1.86. The van der Waals surface area contributed by atoms with Crippen LogP contribution in [0.3, 0.4) is 0 Å². The van der Waals surface area contributed by atoms with E-state index in [1.165, 1.54) is 0 Å². The Bertz CT molecular complexity index is 562. The van der Waals surface area contributed by atoms with Gasteiger partial charge in [-0.3, -0.25) is 4.90 Å². The van der Waals surface area contributed by atoms with E-state index in [0.717, 1.165) is 55.5 Å². The minimum Gasteiger partial charge on any atom is -0.314 e. The SMILES string of the molecule is Cc1cc(-c2ccccc2)nc(CN2CCNCC2)n1. The molecule has 1 aromatic carbocycles. The molecule has 1 aliphatic heterocycles. The van der Waals surface area contributed by atoms with Crippen molar-refractivity contribution in [2.75, 3.05) is 26.2 Å². The summed E-state index contributed by atoms with van der Waals surface area (Å²) in [7, 11) is 0. The van der Waals surface area contributed by atoms with Crippen molar-refractivity contribution in [3.05, 3.63) is 47.9 Å². The number of aromatic nitrogens is 2. The lowest BCUT2D eigenvalue weighted by atomic mass is 10.1. The van der Waals surface area contributed by atoms with Gasteiger partial charge in [-0.15, -0.1) is 0 Å². The molecule has 0 unspecified atom stereocenters. The Hall–Kier alpha value is -1.78. The highest BCUT2D eigenvalue weighted by Crippen LogP contribution is 2.17. The molecular formula is C16H20N4. The van der Waals surface area contributed by atoms with Crippen molar-refractivity contribution in [1.82, 2.24) is 20.2 Å². The van der Waals surface area contributed by atoms with Crippen molar-refractivity contribution in [3.63, 3.8) is 0 Å². The van der Waals surface area contributed by atoms with Gasteiger partial charge in [0.15, 0.2) is 0 Å². The summed E-state index contributed by atoms with van der Waals surface area (Å²) >= 11 is 0. The highest BCUT2D eigenvalue weighted by Gasteiger charge is 2.12. The number of benzene rings is 1. The molecule has 1 aromatic heterocycles. The third-order valence-corrected chi connectivity index (χ3v) is 3.54. The van der Waals surface area contributed by atoms with Gasteiger partial charge in [0.2, 0.25) is 0 Å². The van der Waals surface area contributed by atoms with Gasteiger partial charge in [0.05, 0.1) is 12.2 Å². The molecule has 20 heavy (non-hydrogen) atoms. The Balaban J connectivity index is 1.83. The Kier molecular flexibility index (Phi) is 4.04. The van der Waals surface area contributed by atoms with Crippen molar-refractivity contribution in [1.29, 1.82) is 0 Å². The van der Waals surface area contributed by atoms with Gasteiger partial charge in [-0.1, -0.05) is 30.3 Å². The van der Waals surface area contributed by atoms with E-state index >= 15 is 0 Å². The van der Waals surface area contributed by atoms with E-state index < -0.39 is 0 Å². The van der Waals surface area contributed by atoms with E-state index in [2.05, 4.69) is 33.4 Å². The zero-order valence-corrected chi connectivity index (χ0v) is 11.8. The third-order valence-electron chi connectivity index (χ3n) is 3.54. The zero-order chi connectivity index (χ0) is 13.8. The van der Waals surface area contributed by atoms with Gasteiger partial charge in [0.25, 0.3) is 0 Å². The Morgan fingerprint density at radius 3 is 2.60 bits per heavy atom. The summed E-state index contributed by atoms with van der Waals surface area (Å²) in [5.41, 5.74) is 3.20. The van der Waals surface area contributed by atoms with Gasteiger partial charge in [-0.25, -0.2) is 9.97 Å². The predicted molar refractivity (Wildman–Crippen MR) is 80.4 cm³/mol. The van der Waals surface area contributed by atoms with Crippen LogP contribution in [0.25, 0.3) is 11.3 Å². The molecule has 1 N–H and O–H groups in total. The summed E-state index contributed by atoms with van der Waals surface area (Å²) in [5.74, 6) is 0.922. The number of hydrogen-bond acceptors (Lipinski definition) is 4. The van der Waals surface area contributed by atoms with Crippen LogP contribution in [0.15, 0.2) is 36.4 Å². The fraction of sp³-hybridized carbons (Fsp3) is 0.375. The van der Waals surface area contributed by atoms with Crippen molar-refractivity contribution in [2.45, 2.75) is 13.5 Å². The van der Waals surface area contributed by atoms with Crippen LogP contribution < -0.4 is 5.32 Å². The van der Waals surface area contributed by atoms with Gasteiger partial charge in [0, 0.05) is 37.4 Å². The molecule has 0 spiro atoms. The van der Waals surface area contributed by atoms with Gasteiger partial charge in [-0.05, 0) is 13.0 Å². The van der Waals surface area contributed by atoms with E-state index in [1.54, 1.807) is 0 Å². The lowest BCUT2D eigenvalue weighted by molar-refractivity contribution is 0.228. The van der Waals surface area contributed by atoms with Crippen molar-refractivity contribution >= 4 is 0 Å². The molecule has 0 amide bonds. The van der Waals surface area contributed by atoms with Crippen LogP contribution in [0.5, 0.6) is 0 Å². The summed E-state index contributed by atoms with van der Waals surface area (Å²) in [6.07, 6.45) is 0. The molecule has 1 fully saturated rings. The Morgan fingerprint density at radius 1 is 1.10 bits per heavy atom. The number of piperazine rings is 1. The van der Waals surface area contributed by atoms with Crippen LogP contribution >= 0.6 is 0 Å². The van der Waals surface area contributed by atoms with E-state index in [1.807, 2.05) is 25.1 Å². The van der Waals surface area contributed by atoms with Crippen molar-refractivity contribution in [3.8, 4) is 11.3 Å². The van der Waals surface area contributed by atoms with Crippen molar-refractivity contribution in [2.24, 2.45) is 0 Å². The van der Waals surface area contributed by atoms with Crippen LogP contribution in [0.1, 0.15) is 11.5 Å². The maximum Gasteiger partial charge on any atom is 0.143 e. The molecule has 2 heterocycles. The normalized spacial score (nSPS) is 16.2. The molecule has 104 valence electrons. The summed E-state index contributed by atoms with van der Waals surface area (Å²) in [6, 6.07) is 12.4. The van der Waals surface area contributed by atoms with Gasteiger partial charge in [-0.2, -0.15) is 0 Å². The average molecular weight is 268 g/mol. The monoisotopic (exact) mass is 268 g/mol. The zero-order valence-electron chi connectivity index (χ0n) is 11.8. The number of hydrogen-bond donors (Lipinski definition) is 1. The minimum absolute atomic E-state index is 0.837. The molecule has 4 heteroatoms. The van der Waals surface area contributed by atoms with E-state index in [0.29, 0.717) is 0 Å². The highest BCUT2D eigenvalue weighted by molar-refractivity contribution is 5.58. The maximum absolute atomic E-state index is 4.72. The van der Waals surface area contributed by atoms with Crippen LogP contribution in [0, 0.1) is 6.92 Å². The van der Waals surface area contributed by atoms with E-state index in [4.69, 9.17) is 4.98 Å². The molecule has 0 radical (unpaired) electrons. The molecule has 0 aliphatic carbocycles. The van der Waals surface area contributed by atoms with Crippen LogP contribution in [-0.2, 0) is 6.54 Å². The number of nitrogens with one attached hydrogen (secondary N) is 1. The smallest absolute Gasteiger partial charge is 0.143 e. The first-order valence-corrected chi connectivity index (χ1v) is 7.14. The number of aryl methyl sites for hydroxylation is 1. The van der Waals surface area contributed by atoms with E-state index in [-0.39, 0.29) is 0 Å². The standard InChI is InChI=1S/C16H20N4/c1-13-11-15(14-5-3-2-4-6-14)19-16(18-13)12-20-9-7-17-8-10-20/h2-6,11,17H,7-10,12H2,1H3. The molecule has 0 atom stereocenters. The molecule has 1 aliphatic rings. The van der Waals surface area contributed by atoms with E-state index in [9.17, 15) is 0 Å². The molecule has 4 nitrogen and oxygen atoms in total. The first-order valence-electron chi connectivity index (χ1n) is 7.14. The van der Waals surface area contributed by atoms with Crippen molar-refractivity contribution < 1.29 is 0 Å². The second kappa shape index (κ2) is 6.11. The molecule has 0 bridgehead atoms. The van der Waals surface area contributed by atoms with Gasteiger partial charge >= 0.3 is 0 Å². The molecule has 0 saturated carbocycles. The number of rotatable bonds is 3. The summed E-state index contributed by atoms with van der Waals surface area (Å²) in [5, 5.41) is 3.37. The first kappa shape index (κ1) is 13.2. The van der Waals surface area contributed by atoms with Crippen LogP contribution in [0.2, 0.25) is 0 Å². The Labute approximate surface area is 119 Å². The first-order chi connectivity index (χ1) is 9.81.